The number of benzene rings is 2. The Morgan fingerprint density at radius 2 is 1.73 bits per heavy atom. The van der Waals surface area contributed by atoms with Crippen LogP contribution in [0.15, 0.2) is 60.9 Å². The molecule has 132 valence electrons. The number of nitrogens with zero attached hydrogens (tertiary/aromatic N) is 2. The zero-order chi connectivity index (χ0) is 18.4. The van der Waals surface area contributed by atoms with Crippen molar-refractivity contribution >= 4 is 40.6 Å². The van der Waals surface area contributed by atoms with E-state index >= 15 is 0 Å². The maximum absolute atomic E-state index is 12.1. The molecule has 0 aliphatic heterocycles. The standard InChI is InChI=1S/C18H16ClN5O2/c1-26-15-7-3-6-14(9-15)23-18(25)24-17-10-16(20-11-21-17)22-13-5-2-4-12(19)8-13/h2-11H,1H3,(H3,20,21,22,23,24,25). The zero-order valence-corrected chi connectivity index (χ0v) is 14.6. The fourth-order valence-electron chi connectivity index (χ4n) is 2.19. The highest BCUT2D eigenvalue weighted by Crippen LogP contribution is 2.20. The number of amides is 2. The Morgan fingerprint density at radius 3 is 2.54 bits per heavy atom. The summed E-state index contributed by atoms with van der Waals surface area (Å²) < 4.78 is 5.13. The number of hydrogen-bond donors (Lipinski definition) is 3. The van der Waals surface area contributed by atoms with Gasteiger partial charge < -0.3 is 15.4 Å². The van der Waals surface area contributed by atoms with Crippen LogP contribution in [0.1, 0.15) is 0 Å². The van der Waals surface area contributed by atoms with Gasteiger partial charge in [0.05, 0.1) is 7.11 Å². The van der Waals surface area contributed by atoms with Gasteiger partial charge in [-0.15, -0.1) is 0 Å². The van der Waals surface area contributed by atoms with Crippen molar-refractivity contribution in [3.8, 4) is 5.75 Å². The summed E-state index contributed by atoms with van der Waals surface area (Å²) in [5, 5.41) is 9.08. The number of carbonyl (C=O) groups excluding carboxylic acids is 1. The third-order valence-electron chi connectivity index (χ3n) is 3.33. The number of carbonyl (C=O) groups is 1. The molecule has 8 heteroatoms. The molecule has 0 aliphatic carbocycles. The Labute approximate surface area is 155 Å². The molecule has 0 saturated carbocycles. The van der Waals surface area contributed by atoms with Crippen LogP contribution in [-0.4, -0.2) is 23.1 Å². The monoisotopic (exact) mass is 369 g/mol. The molecular formula is C18H16ClN5O2. The molecule has 1 aromatic heterocycles. The highest BCUT2D eigenvalue weighted by Gasteiger charge is 2.06. The maximum atomic E-state index is 12.1. The molecule has 0 fully saturated rings. The quantitative estimate of drug-likeness (QED) is 0.615. The van der Waals surface area contributed by atoms with Crippen LogP contribution in [0.2, 0.25) is 5.02 Å². The van der Waals surface area contributed by atoms with Crippen LogP contribution in [0.5, 0.6) is 5.75 Å². The minimum absolute atomic E-state index is 0.352. The first-order chi connectivity index (χ1) is 12.6. The van der Waals surface area contributed by atoms with Gasteiger partial charge in [0.2, 0.25) is 0 Å². The Balaban J connectivity index is 1.65. The van der Waals surface area contributed by atoms with Gasteiger partial charge in [0, 0.05) is 28.5 Å². The van der Waals surface area contributed by atoms with Crippen molar-refractivity contribution in [1.82, 2.24) is 9.97 Å². The SMILES string of the molecule is COc1cccc(NC(=O)Nc2cc(Nc3cccc(Cl)c3)ncn2)c1. The van der Waals surface area contributed by atoms with Crippen molar-refractivity contribution in [2.24, 2.45) is 0 Å². The lowest BCUT2D eigenvalue weighted by atomic mass is 10.3. The van der Waals surface area contributed by atoms with Gasteiger partial charge in [-0.25, -0.2) is 14.8 Å². The first-order valence-electron chi connectivity index (χ1n) is 7.69. The minimum atomic E-state index is -0.425. The van der Waals surface area contributed by atoms with E-state index in [1.807, 2.05) is 12.1 Å². The molecule has 3 N–H and O–H groups in total. The van der Waals surface area contributed by atoms with Gasteiger partial charge >= 0.3 is 6.03 Å². The smallest absolute Gasteiger partial charge is 0.324 e. The number of hydrogen-bond acceptors (Lipinski definition) is 5. The third-order valence-corrected chi connectivity index (χ3v) is 3.57. The van der Waals surface area contributed by atoms with E-state index in [4.69, 9.17) is 16.3 Å². The molecule has 0 radical (unpaired) electrons. The number of anilines is 4. The number of urea groups is 1. The largest absolute Gasteiger partial charge is 0.497 e. The molecule has 3 aromatic rings. The molecule has 0 bridgehead atoms. The molecule has 0 atom stereocenters. The van der Waals surface area contributed by atoms with Gasteiger partial charge in [0.15, 0.2) is 0 Å². The van der Waals surface area contributed by atoms with E-state index in [1.54, 1.807) is 49.6 Å². The van der Waals surface area contributed by atoms with Gasteiger partial charge in [0.25, 0.3) is 0 Å². The van der Waals surface area contributed by atoms with E-state index < -0.39 is 6.03 Å². The van der Waals surface area contributed by atoms with Crippen LogP contribution >= 0.6 is 11.6 Å². The Morgan fingerprint density at radius 1 is 0.962 bits per heavy atom. The van der Waals surface area contributed by atoms with Crippen molar-refractivity contribution in [1.29, 1.82) is 0 Å². The van der Waals surface area contributed by atoms with Crippen LogP contribution in [0.3, 0.4) is 0 Å². The third kappa shape index (κ3) is 4.84. The summed E-state index contributed by atoms with van der Waals surface area (Å²) in [5.74, 6) is 1.53. The lowest BCUT2D eigenvalue weighted by Gasteiger charge is -2.10. The normalized spacial score (nSPS) is 10.1. The van der Waals surface area contributed by atoms with Crippen molar-refractivity contribution in [2.45, 2.75) is 0 Å². The fourth-order valence-corrected chi connectivity index (χ4v) is 2.38. The van der Waals surface area contributed by atoms with E-state index in [9.17, 15) is 4.79 Å². The molecule has 2 amide bonds. The number of aromatic nitrogens is 2. The Hall–Kier alpha value is -3.32. The number of halogens is 1. The van der Waals surface area contributed by atoms with Gasteiger partial charge in [-0.1, -0.05) is 23.7 Å². The Kier molecular flexibility index (Phi) is 5.50. The summed E-state index contributed by atoms with van der Waals surface area (Å²) in [5.41, 5.74) is 1.39. The summed E-state index contributed by atoms with van der Waals surface area (Å²) in [6.07, 6.45) is 1.36. The van der Waals surface area contributed by atoms with E-state index in [2.05, 4.69) is 25.9 Å². The second-order valence-electron chi connectivity index (χ2n) is 5.23. The lowest BCUT2D eigenvalue weighted by Crippen LogP contribution is -2.20. The second kappa shape index (κ2) is 8.17. The summed E-state index contributed by atoms with van der Waals surface area (Å²) in [4.78, 5) is 20.3. The van der Waals surface area contributed by atoms with E-state index in [-0.39, 0.29) is 0 Å². The van der Waals surface area contributed by atoms with Crippen LogP contribution in [0.4, 0.5) is 27.8 Å². The Bertz CT molecular complexity index is 919. The van der Waals surface area contributed by atoms with Crippen LogP contribution in [-0.2, 0) is 0 Å². The van der Waals surface area contributed by atoms with Gasteiger partial charge in [-0.3, -0.25) is 5.32 Å². The van der Waals surface area contributed by atoms with Crippen molar-refractivity contribution < 1.29 is 9.53 Å². The molecule has 0 unspecified atom stereocenters. The molecule has 0 saturated heterocycles. The number of ether oxygens (including phenoxy) is 1. The van der Waals surface area contributed by atoms with Crippen molar-refractivity contribution in [2.75, 3.05) is 23.1 Å². The number of nitrogens with one attached hydrogen (secondary N) is 3. The summed E-state index contributed by atoms with van der Waals surface area (Å²) in [6, 6.07) is 15.5. The summed E-state index contributed by atoms with van der Waals surface area (Å²) in [6.45, 7) is 0. The predicted molar refractivity (Wildman–Crippen MR) is 102 cm³/mol. The fraction of sp³-hybridized carbons (Fsp3) is 0.0556. The predicted octanol–water partition coefficient (Wildman–Crippen LogP) is 4.53. The van der Waals surface area contributed by atoms with Crippen LogP contribution < -0.4 is 20.7 Å². The first kappa shape index (κ1) is 17.5. The van der Waals surface area contributed by atoms with Gasteiger partial charge in [-0.05, 0) is 30.3 Å². The lowest BCUT2D eigenvalue weighted by molar-refractivity contribution is 0.262. The van der Waals surface area contributed by atoms with E-state index in [0.29, 0.717) is 28.1 Å². The topological polar surface area (TPSA) is 88.2 Å². The molecule has 7 nitrogen and oxygen atoms in total. The maximum Gasteiger partial charge on any atom is 0.324 e. The molecular weight excluding hydrogens is 354 g/mol. The minimum Gasteiger partial charge on any atom is -0.497 e. The van der Waals surface area contributed by atoms with Crippen molar-refractivity contribution in [3.05, 3.63) is 65.9 Å². The first-order valence-corrected chi connectivity index (χ1v) is 8.07. The molecule has 0 spiro atoms. The molecule has 2 aromatic carbocycles. The van der Waals surface area contributed by atoms with Gasteiger partial charge in [0.1, 0.15) is 23.7 Å². The molecule has 0 aliphatic rings. The highest BCUT2D eigenvalue weighted by molar-refractivity contribution is 6.30. The van der Waals surface area contributed by atoms with Crippen LogP contribution in [0.25, 0.3) is 0 Å². The summed E-state index contributed by atoms with van der Waals surface area (Å²) >= 11 is 5.96. The van der Waals surface area contributed by atoms with Crippen molar-refractivity contribution in [3.63, 3.8) is 0 Å². The summed E-state index contributed by atoms with van der Waals surface area (Å²) in [7, 11) is 1.56. The second-order valence-corrected chi connectivity index (χ2v) is 5.67. The average molecular weight is 370 g/mol. The molecule has 3 rings (SSSR count). The average Bonchev–Trinajstić information content (AvgIpc) is 2.62. The van der Waals surface area contributed by atoms with E-state index in [0.717, 1.165) is 5.69 Å². The van der Waals surface area contributed by atoms with E-state index in [1.165, 1.54) is 6.33 Å². The number of rotatable bonds is 5. The zero-order valence-electron chi connectivity index (χ0n) is 13.9. The molecule has 26 heavy (non-hydrogen) atoms. The molecule has 1 heterocycles. The van der Waals surface area contributed by atoms with Gasteiger partial charge in [-0.2, -0.15) is 0 Å². The number of methoxy groups -OCH3 is 1. The highest BCUT2D eigenvalue weighted by atomic mass is 35.5. The van der Waals surface area contributed by atoms with Crippen LogP contribution in [0, 0.1) is 0 Å².